The Morgan fingerprint density at radius 3 is 2.65 bits per heavy atom. The van der Waals surface area contributed by atoms with E-state index in [1.54, 1.807) is 0 Å². The molecule has 1 fully saturated rings. The topological polar surface area (TPSA) is 32.3 Å². The predicted octanol–water partition coefficient (Wildman–Crippen LogP) is 3.22. The Labute approximate surface area is 133 Å². The number of carbonyl (C=O) groups excluding carboxylic acids is 1. The molecule has 5 heteroatoms. The maximum atomic E-state index is 13.2. The van der Waals surface area contributed by atoms with Crippen LogP contribution in [-0.4, -0.2) is 25.5 Å². The van der Waals surface area contributed by atoms with Crippen molar-refractivity contribution in [1.82, 2.24) is 5.32 Å². The summed E-state index contributed by atoms with van der Waals surface area (Å²) in [6.07, 6.45) is 0.993. The van der Waals surface area contributed by atoms with Crippen molar-refractivity contribution in [3.8, 4) is 0 Å². The fourth-order valence-corrected chi connectivity index (χ4v) is 2.85. The van der Waals surface area contributed by atoms with E-state index in [0.717, 1.165) is 31.6 Å². The van der Waals surface area contributed by atoms with Gasteiger partial charge in [0.1, 0.15) is 0 Å². The highest BCUT2D eigenvalue weighted by molar-refractivity contribution is 5.94. The summed E-state index contributed by atoms with van der Waals surface area (Å²) >= 11 is 0. The monoisotopic (exact) mass is 316 g/mol. The summed E-state index contributed by atoms with van der Waals surface area (Å²) in [5.41, 5.74) is 1.32. The van der Waals surface area contributed by atoms with Crippen molar-refractivity contribution in [2.45, 2.75) is 6.42 Å². The lowest BCUT2D eigenvalue weighted by Gasteiger charge is -2.18. The lowest BCUT2D eigenvalue weighted by Crippen LogP contribution is -2.31. The van der Waals surface area contributed by atoms with Crippen molar-refractivity contribution in [2.75, 3.05) is 24.5 Å². The number of rotatable bonds is 4. The molecule has 120 valence electrons. The van der Waals surface area contributed by atoms with Crippen molar-refractivity contribution in [2.24, 2.45) is 5.92 Å². The standard InChI is InChI=1S/C18H18F2N2O/c19-16-7-6-14(10-17(16)20)18(23)21-11-13-8-9-22(12-13)15-4-2-1-3-5-15/h1-7,10,13H,8-9,11-12H2,(H,21,23). The maximum absolute atomic E-state index is 13.2. The molecule has 1 atom stereocenters. The normalized spacial score (nSPS) is 17.3. The number of nitrogens with zero attached hydrogens (tertiary/aromatic N) is 1. The maximum Gasteiger partial charge on any atom is 0.251 e. The lowest BCUT2D eigenvalue weighted by atomic mass is 10.1. The number of halogens is 2. The summed E-state index contributed by atoms with van der Waals surface area (Å²) in [7, 11) is 0. The van der Waals surface area contributed by atoms with Crippen LogP contribution in [0.25, 0.3) is 0 Å². The van der Waals surface area contributed by atoms with Gasteiger partial charge in [-0.25, -0.2) is 8.78 Å². The van der Waals surface area contributed by atoms with Crippen LogP contribution in [0.3, 0.4) is 0 Å². The van der Waals surface area contributed by atoms with Crippen molar-refractivity contribution >= 4 is 11.6 Å². The average Bonchev–Trinajstić information content (AvgIpc) is 3.05. The molecule has 1 unspecified atom stereocenters. The second-order valence-corrected chi connectivity index (χ2v) is 5.78. The SMILES string of the molecule is O=C(NCC1CCN(c2ccccc2)C1)c1ccc(F)c(F)c1. The summed E-state index contributed by atoms with van der Waals surface area (Å²) < 4.78 is 26.0. The van der Waals surface area contributed by atoms with Crippen LogP contribution in [0.5, 0.6) is 0 Å². The minimum Gasteiger partial charge on any atom is -0.371 e. The van der Waals surface area contributed by atoms with Gasteiger partial charge in [0.15, 0.2) is 11.6 Å². The molecule has 1 aliphatic rings. The van der Waals surface area contributed by atoms with Gasteiger partial charge in [-0.05, 0) is 42.7 Å². The van der Waals surface area contributed by atoms with Gasteiger partial charge >= 0.3 is 0 Å². The minimum atomic E-state index is -1.01. The lowest BCUT2D eigenvalue weighted by molar-refractivity contribution is 0.0947. The number of anilines is 1. The van der Waals surface area contributed by atoms with Crippen molar-refractivity contribution in [1.29, 1.82) is 0 Å². The third kappa shape index (κ3) is 3.67. The molecule has 0 spiro atoms. The smallest absolute Gasteiger partial charge is 0.251 e. The third-order valence-corrected chi connectivity index (χ3v) is 4.14. The summed E-state index contributed by atoms with van der Waals surface area (Å²) in [5.74, 6) is -1.98. The van der Waals surface area contributed by atoms with E-state index in [1.807, 2.05) is 18.2 Å². The van der Waals surface area contributed by atoms with Gasteiger partial charge in [-0.3, -0.25) is 4.79 Å². The van der Waals surface area contributed by atoms with Crippen LogP contribution in [0.2, 0.25) is 0 Å². The van der Waals surface area contributed by atoms with Crippen LogP contribution in [0.4, 0.5) is 14.5 Å². The Hall–Kier alpha value is -2.43. The van der Waals surface area contributed by atoms with Gasteiger partial charge in [0.25, 0.3) is 5.91 Å². The summed E-state index contributed by atoms with van der Waals surface area (Å²) in [6, 6.07) is 13.3. The molecule has 1 saturated heterocycles. The molecule has 23 heavy (non-hydrogen) atoms. The van der Waals surface area contributed by atoms with Gasteiger partial charge in [0.05, 0.1) is 0 Å². The minimum absolute atomic E-state index is 0.141. The number of para-hydroxylation sites is 1. The molecule has 0 bridgehead atoms. The average molecular weight is 316 g/mol. The highest BCUT2D eigenvalue weighted by Gasteiger charge is 2.23. The Morgan fingerprint density at radius 1 is 1.13 bits per heavy atom. The third-order valence-electron chi connectivity index (χ3n) is 4.14. The molecule has 3 nitrogen and oxygen atoms in total. The molecule has 3 rings (SSSR count). The molecular weight excluding hydrogens is 298 g/mol. The second kappa shape index (κ2) is 6.77. The van der Waals surface area contributed by atoms with Crippen LogP contribution in [0.15, 0.2) is 48.5 Å². The number of carbonyl (C=O) groups is 1. The zero-order chi connectivity index (χ0) is 16.2. The Morgan fingerprint density at radius 2 is 1.91 bits per heavy atom. The molecular formula is C18H18F2N2O. The zero-order valence-corrected chi connectivity index (χ0v) is 12.6. The molecule has 0 saturated carbocycles. The Balaban J connectivity index is 1.53. The first-order chi connectivity index (χ1) is 11.1. The van der Waals surface area contributed by atoms with Crippen molar-refractivity contribution in [3.05, 3.63) is 65.7 Å². The molecule has 1 heterocycles. The fourth-order valence-electron chi connectivity index (χ4n) is 2.85. The first kappa shape index (κ1) is 15.5. The van der Waals surface area contributed by atoms with E-state index in [-0.39, 0.29) is 11.5 Å². The van der Waals surface area contributed by atoms with E-state index in [2.05, 4.69) is 22.3 Å². The van der Waals surface area contributed by atoms with Crippen LogP contribution < -0.4 is 10.2 Å². The number of hydrogen-bond acceptors (Lipinski definition) is 2. The van der Waals surface area contributed by atoms with E-state index >= 15 is 0 Å². The molecule has 0 radical (unpaired) electrons. The van der Waals surface area contributed by atoms with Crippen LogP contribution in [0.1, 0.15) is 16.8 Å². The highest BCUT2D eigenvalue weighted by atomic mass is 19.2. The summed E-state index contributed by atoms with van der Waals surface area (Å²) in [4.78, 5) is 14.3. The number of nitrogens with one attached hydrogen (secondary N) is 1. The summed E-state index contributed by atoms with van der Waals surface area (Å²) in [6.45, 7) is 2.36. The van der Waals surface area contributed by atoms with E-state index in [4.69, 9.17) is 0 Å². The van der Waals surface area contributed by atoms with Crippen LogP contribution >= 0.6 is 0 Å². The van der Waals surface area contributed by atoms with E-state index < -0.39 is 11.6 Å². The van der Waals surface area contributed by atoms with Gasteiger partial charge in [0.2, 0.25) is 0 Å². The Kier molecular flexibility index (Phi) is 4.55. The number of benzene rings is 2. The quantitative estimate of drug-likeness (QED) is 0.939. The first-order valence-corrected chi connectivity index (χ1v) is 7.67. The van der Waals surface area contributed by atoms with E-state index in [9.17, 15) is 13.6 Å². The molecule has 1 N–H and O–H groups in total. The molecule has 2 aromatic rings. The summed E-state index contributed by atoms with van der Waals surface area (Å²) in [5, 5.41) is 2.80. The fraction of sp³-hybridized carbons (Fsp3) is 0.278. The van der Waals surface area contributed by atoms with Gasteiger partial charge in [-0.15, -0.1) is 0 Å². The van der Waals surface area contributed by atoms with Gasteiger partial charge in [0, 0.05) is 30.9 Å². The largest absolute Gasteiger partial charge is 0.371 e. The van der Waals surface area contributed by atoms with Crippen molar-refractivity contribution < 1.29 is 13.6 Å². The van der Waals surface area contributed by atoms with Gasteiger partial charge < -0.3 is 10.2 Å². The molecule has 2 aromatic carbocycles. The van der Waals surface area contributed by atoms with E-state index in [0.29, 0.717) is 12.5 Å². The predicted molar refractivity (Wildman–Crippen MR) is 85.5 cm³/mol. The van der Waals surface area contributed by atoms with Gasteiger partial charge in [-0.2, -0.15) is 0 Å². The second-order valence-electron chi connectivity index (χ2n) is 5.78. The van der Waals surface area contributed by atoms with Crippen LogP contribution in [-0.2, 0) is 0 Å². The number of hydrogen-bond donors (Lipinski definition) is 1. The number of amides is 1. The van der Waals surface area contributed by atoms with Gasteiger partial charge in [-0.1, -0.05) is 18.2 Å². The highest BCUT2D eigenvalue weighted by Crippen LogP contribution is 2.23. The first-order valence-electron chi connectivity index (χ1n) is 7.67. The molecule has 1 aliphatic heterocycles. The molecule has 0 aromatic heterocycles. The zero-order valence-electron chi connectivity index (χ0n) is 12.6. The Bertz CT molecular complexity index is 691. The molecule has 0 aliphatic carbocycles. The van der Waals surface area contributed by atoms with E-state index in [1.165, 1.54) is 11.8 Å². The van der Waals surface area contributed by atoms with Crippen LogP contribution in [0, 0.1) is 17.6 Å². The van der Waals surface area contributed by atoms with Crippen molar-refractivity contribution in [3.63, 3.8) is 0 Å². The molecule has 1 amide bonds.